The average Bonchev–Trinajstić information content (AvgIpc) is 2.82. The van der Waals surface area contributed by atoms with Crippen LogP contribution in [0.5, 0.6) is 11.5 Å². The summed E-state index contributed by atoms with van der Waals surface area (Å²) in [5.41, 5.74) is -0.206. The van der Waals surface area contributed by atoms with Crippen LogP contribution in [0.3, 0.4) is 0 Å². The number of aliphatic carboxylic acids is 1. The number of carbonyl (C=O) groups excluding carboxylic acids is 1. The van der Waals surface area contributed by atoms with Gasteiger partial charge in [-0.1, -0.05) is 0 Å². The van der Waals surface area contributed by atoms with Gasteiger partial charge in [-0.15, -0.1) is 0 Å². The zero-order chi connectivity index (χ0) is 14.5. The zero-order valence-corrected chi connectivity index (χ0v) is 11.1. The standard InChI is InChI=1S/C13H14N2O5/c1-13(2,12(17)18)15-8-4-10-9(19-6-20-10)3-7(8)14-5-11(15)16/h3-4,14H,5-6H2,1-2H3,(H,17,18). The van der Waals surface area contributed by atoms with Gasteiger partial charge in [0.2, 0.25) is 12.7 Å². The Morgan fingerprint density at radius 2 is 2.00 bits per heavy atom. The number of ether oxygens (including phenoxy) is 2. The van der Waals surface area contributed by atoms with Crippen LogP contribution in [0.25, 0.3) is 0 Å². The second kappa shape index (κ2) is 4.03. The van der Waals surface area contributed by atoms with Gasteiger partial charge in [0.25, 0.3) is 0 Å². The summed E-state index contributed by atoms with van der Waals surface area (Å²) in [6, 6.07) is 3.35. The van der Waals surface area contributed by atoms with Crippen LogP contribution in [0.4, 0.5) is 11.4 Å². The molecule has 7 nitrogen and oxygen atoms in total. The summed E-state index contributed by atoms with van der Waals surface area (Å²) in [5.74, 6) is -0.287. The summed E-state index contributed by atoms with van der Waals surface area (Å²) in [4.78, 5) is 24.9. The van der Waals surface area contributed by atoms with Gasteiger partial charge >= 0.3 is 5.97 Å². The van der Waals surface area contributed by atoms with Gasteiger partial charge < -0.3 is 19.9 Å². The summed E-state index contributed by atoms with van der Waals surface area (Å²) in [5, 5.41) is 12.3. The molecule has 0 spiro atoms. The number of fused-ring (bicyclic) bond motifs is 2. The first kappa shape index (κ1) is 12.6. The molecule has 2 aliphatic heterocycles. The van der Waals surface area contributed by atoms with E-state index < -0.39 is 11.5 Å². The third kappa shape index (κ3) is 1.66. The minimum atomic E-state index is -1.35. The smallest absolute Gasteiger partial charge is 0.329 e. The number of anilines is 2. The number of nitrogens with zero attached hydrogens (tertiary/aromatic N) is 1. The van der Waals surface area contributed by atoms with E-state index in [1.807, 2.05) is 0 Å². The van der Waals surface area contributed by atoms with Crippen molar-refractivity contribution in [3.05, 3.63) is 12.1 Å². The van der Waals surface area contributed by atoms with Crippen LogP contribution in [0.1, 0.15) is 13.8 Å². The second-order valence-corrected chi connectivity index (χ2v) is 5.17. The van der Waals surface area contributed by atoms with Gasteiger partial charge in [0, 0.05) is 12.1 Å². The molecule has 0 saturated carbocycles. The zero-order valence-electron chi connectivity index (χ0n) is 11.1. The molecule has 2 heterocycles. The molecule has 0 saturated heterocycles. The topological polar surface area (TPSA) is 88.1 Å². The Kier molecular flexibility index (Phi) is 2.53. The van der Waals surface area contributed by atoms with Gasteiger partial charge in [-0.3, -0.25) is 9.69 Å². The molecule has 3 rings (SSSR count). The minimum Gasteiger partial charge on any atom is -0.480 e. The van der Waals surface area contributed by atoms with Crippen LogP contribution >= 0.6 is 0 Å². The SMILES string of the molecule is CC(C)(C(=O)O)N1C(=O)CNc2cc3c(cc21)OCO3. The van der Waals surface area contributed by atoms with E-state index in [1.54, 1.807) is 12.1 Å². The summed E-state index contributed by atoms with van der Waals surface area (Å²) < 4.78 is 10.6. The lowest BCUT2D eigenvalue weighted by Crippen LogP contribution is -2.56. The van der Waals surface area contributed by atoms with Crippen molar-refractivity contribution in [2.75, 3.05) is 23.6 Å². The van der Waals surface area contributed by atoms with Crippen LogP contribution in [0.2, 0.25) is 0 Å². The quantitative estimate of drug-likeness (QED) is 0.840. The highest BCUT2D eigenvalue weighted by Gasteiger charge is 2.42. The van der Waals surface area contributed by atoms with Crippen LogP contribution in [-0.2, 0) is 9.59 Å². The van der Waals surface area contributed by atoms with Gasteiger partial charge in [0.05, 0.1) is 17.9 Å². The number of carbonyl (C=O) groups is 2. The lowest BCUT2D eigenvalue weighted by molar-refractivity contribution is -0.143. The van der Waals surface area contributed by atoms with Crippen LogP contribution in [-0.4, -0.2) is 35.9 Å². The number of carboxylic acids is 1. The number of benzene rings is 1. The fourth-order valence-electron chi connectivity index (χ4n) is 2.35. The molecule has 0 bridgehead atoms. The first-order valence-corrected chi connectivity index (χ1v) is 6.15. The first-order chi connectivity index (χ1) is 9.41. The van der Waals surface area contributed by atoms with Gasteiger partial charge in [0.1, 0.15) is 5.54 Å². The van der Waals surface area contributed by atoms with E-state index in [-0.39, 0.29) is 19.2 Å². The molecular formula is C13H14N2O5. The second-order valence-electron chi connectivity index (χ2n) is 5.17. The minimum absolute atomic E-state index is 0.0450. The highest BCUT2D eigenvalue weighted by Crippen LogP contribution is 2.44. The van der Waals surface area contributed by atoms with E-state index in [4.69, 9.17) is 9.47 Å². The van der Waals surface area contributed by atoms with E-state index in [0.717, 1.165) is 0 Å². The number of carboxylic acid groups (broad SMARTS) is 1. The van der Waals surface area contributed by atoms with Crippen molar-refractivity contribution < 1.29 is 24.2 Å². The number of amides is 1. The van der Waals surface area contributed by atoms with Gasteiger partial charge in [-0.25, -0.2) is 4.79 Å². The van der Waals surface area contributed by atoms with E-state index in [9.17, 15) is 14.7 Å². The Morgan fingerprint density at radius 1 is 1.35 bits per heavy atom. The fourth-order valence-corrected chi connectivity index (χ4v) is 2.35. The monoisotopic (exact) mass is 278 g/mol. The van der Waals surface area contributed by atoms with Crippen molar-refractivity contribution in [3.8, 4) is 11.5 Å². The maximum absolute atomic E-state index is 12.1. The number of hydrogen-bond donors (Lipinski definition) is 2. The van der Waals surface area contributed by atoms with Crippen molar-refractivity contribution in [1.82, 2.24) is 0 Å². The summed E-state index contributed by atoms with van der Waals surface area (Å²) >= 11 is 0. The van der Waals surface area contributed by atoms with Crippen LogP contribution in [0, 0.1) is 0 Å². The Labute approximate surface area is 115 Å². The molecule has 0 aliphatic carbocycles. The largest absolute Gasteiger partial charge is 0.480 e. The molecule has 106 valence electrons. The molecular weight excluding hydrogens is 264 g/mol. The molecule has 0 unspecified atom stereocenters. The number of rotatable bonds is 2. The normalized spacial score (nSPS) is 16.7. The molecule has 2 N–H and O–H groups in total. The predicted octanol–water partition coefficient (Wildman–Crippen LogP) is 1.04. The van der Waals surface area contributed by atoms with E-state index in [2.05, 4.69) is 5.32 Å². The van der Waals surface area contributed by atoms with Crippen molar-refractivity contribution in [3.63, 3.8) is 0 Å². The Hall–Kier alpha value is -2.44. The van der Waals surface area contributed by atoms with Crippen molar-refractivity contribution in [2.45, 2.75) is 19.4 Å². The maximum atomic E-state index is 12.1. The maximum Gasteiger partial charge on any atom is 0.329 e. The lowest BCUT2D eigenvalue weighted by atomic mass is 9.99. The average molecular weight is 278 g/mol. The summed E-state index contributed by atoms with van der Waals surface area (Å²) in [6.45, 7) is 3.15. The molecule has 0 radical (unpaired) electrons. The molecule has 1 aromatic rings. The van der Waals surface area contributed by atoms with E-state index in [1.165, 1.54) is 18.7 Å². The predicted molar refractivity (Wildman–Crippen MR) is 70.3 cm³/mol. The Bertz CT molecular complexity index is 611. The molecule has 1 aromatic carbocycles. The van der Waals surface area contributed by atoms with E-state index >= 15 is 0 Å². The molecule has 0 aromatic heterocycles. The van der Waals surface area contributed by atoms with Crippen molar-refractivity contribution >= 4 is 23.3 Å². The summed E-state index contributed by atoms with van der Waals surface area (Å²) in [7, 11) is 0. The Morgan fingerprint density at radius 3 is 2.65 bits per heavy atom. The highest BCUT2D eigenvalue weighted by atomic mass is 16.7. The molecule has 20 heavy (non-hydrogen) atoms. The van der Waals surface area contributed by atoms with Gasteiger partial charge in [0.15, 0.2) is 11.5 Å². The third-order valence-electron chi connectivity index (χ3n) is 3.49. The number of nitrogens with one attached hydrogen (secondary N) is 1. The third-order valence-corrected chi connectivity index (χ3v) is 3.49. The molecule has 2 aliphatic rings. The number of hydrogen-bond acceptors (Lipinski definition) is 5. The van der Waals surface area contributed by atoms with Gasteiger partial charge in [-0.05, 0) is 13.8 Å². The molecule has 0 atom stereocenters. The summed E-state index contributed by atoms with van der Waals surface area (Å²) in [6.07, 6.45) is 0. The molecule has 1 amide bonds. The van der Waals surface area contributed by atoms with Crippen LogP contribution < -0.4 is 19.7 Å². The molecule has 7 heteroatoms. The van der Waals surface area contributed by atoms with Gasteiger partial charge in [-0.2, -0.15) is 0 Å². The Balaban J connectivity index is 2.14. The lowest BCUT2D eigenvalue weighted by Gasteiger charge is -2.39. The van der Waals surface area contributed by atoms with Crippen LogP contribution in [0.15, 0.2) is 12.1 Å². The fraction of sp³-hybridized carbons (Fsp3) is 0.385. The first-order valence-electron chi connectivity index (χ1n) is 6.15. The van der Waals surface area contributed by atoms with Crippen molar-refractivity contribution in [1.29, 1.82) is 0 Å². The van der Waals surface area contributed by atoms with E-state index in [0.29, 0.717) is 22.9 Å². The highest BCUT2D eigenvalue weighted by molar-refractivity contribution is 6.08. The molecule has 0 fully saturated rings. The van der Waals surface area contributed by atoms with Crippen molar-refractivity contribution in [2.24, 2.45) is 0 Å².